The normalized spacial score (nSPS) is 10.9. The monoisotopic (exact) mass is 442 g/mol. The third kappa shape index (κ3) is 12.1. The molecule has 0 fully saturated rings. The second-order valence-electron chi connectivity index (χ2n) is 8.78. The van der Waals surface area contributed by atoms with Gasteiger partial charge in [0.15, 0.2) is 24.8 Å². The Morgan fingerprint density at radius 1 is 0.500 bits per heavy atom. The third-order valence-corrected chi connectivity index (χ3v) is 5.84. The molecule has 0 amide bonds. The Balaban J connectivity index is 1.46. The molecule has 0 aliphatic rings. The molecule has 0 aliphatic carbocycles. The Kier molecular flexibility index (Phi) is 14.3. The number of hydrogen-bond donors (Lipinski definition) is 0. The lowest BCUT2D eigenvalue weighted by Crippen LogP contribution is -2.32. The summed E-state index contributed by atoms with van der Waals surface area (Å²) in [6, 6.07) is 8.34. The van der Waals surface area contributed by atoms with Gasteiger partial charge in [-0.25, -0.2) is 9.13 Å². The average molecular weight is 443 g/mol. The molecular formula is C28H46N2O2+2. The summed E-state index contributed by atoms with van der Waals surface area (Å²) < 4.78 is 16.3. The van der Waals surface area contributed by atoms with E-state index in [0.717, 1.165) is 50.6 Å². The Morgan fingerprint density at radius 3 is 1.25 bits per heavy atom. The highest BCUT2D eigenvalue weighted by Crippen LogP contribution is 2.10. The van der Waals surface area contributed by atoms with E-state index in [4.69, 9.17) is 9.47 Å². The molecular weight excluding hydrogens is 396 g/mol. The lowest BCUT2D eigenvalue weighted by atomic mass is 10.2. The number of hydrogen-bond acceptors (Lipinski definition) is 2. The molecule has 0 N–H and O–H groups in total. The Morgan fingerprint density at radius 2 is 0.875 bits per heavy atom. The maximum atomic E-state index is 5.89. The predicted octanol–water partition coefficient (Wildman–Crippen LogP) is 6.44. The Labute approximate surface area is 196 Å². The molecule has 0 aliphatic heterocycles. The largest absolute Gasteiger partial charge is 0.493 e. The first-order valence-electron chi connectivity index (χ1n) is 13.1. The van der Waals surface area contributed by atoms with Gasteiger partial charge in [-0.2, -0.15) is 0 Å². The van der Waals surface area contributed by atoms with Gasteiger partial charge in [0.05, 0.1) is 13.2 Å². The highest BCUT2D eigenvalue weighted by atomic mass is 16.5. The zero-order chi connectivity index (χ0) is 22.7. The van der Waals surface area contributed by atoms with E-state index < -0.39 is 0 Å². The first kappa shape index (κ1) is 26.2. The van der Waals surface area contributed by atoms with Gasteiger partial charge in [0.2, 0.25) is 0 Å². The van der Waals surface area contributed by atoms with Crippen LogP contribution in [0.1, 0.15) is 90.9 Å². The predicted molar refractivity (Wildman–Crippen MR) is 131 cm³/mol. The zero-order valence-corrected chi connectivity index (χ0v) is 20.6. The van der Waals surface area contributed by atoms with Crippen LogP contribution in [-0.4, -0.2) is 13.2 Å². The summed E-state index contributed by atoms with van der Waals surface area (Å²) in [5.74, 6) is 1.95. The molecule has 0 atom stereocenters. The van der Waals surface area contributed by atoms with Gasteiger partial charge in [-0.1, -0.05) is 39.5 Å². The summed E-state index contributed by atoms with van der Waals surface area (Å²) in [6.45, 7) is 8.29. The van der Waals surface area contributed by atoms with E-state index in [2.05, 4.69) is 72.0 Å². The van der Waals surface area contributed by atoms with E-state index in [1.807, 2.05) is 0 Å². The van der Waals surface area contributed by atoms with Crippen molar-refractivity contribution >= 4 is 0 Å². The molecule has 32 heavy (non-hydrogen) atoms. The first-order valence-corrected chi connectivity index (χ1v) is 13.1. The highest BCUT2D eigenvalue weighted by Gasteiger charge is 2.03. The van der Waals surface area contributed by atoms with Crippen molar-refractivity contribution in [2.24, 2.45) is 0 Å². The first-order chi connectivity index (χ1) is 15.8. The average Bonchev–Trinajstić information content (AvgIpc) is 2.83. The number of ether oxygens (including phenoxy) is 2. The SMILES string of the molecule is CCCCCC[n+]1ccc(OCCCCCCOc2cc[n+](CCCCCC)cc2)cc1. The summed E-state index contributed by atoms with van der Waals surface area (Å²) in [7, 11) is 0. The summed E-state index contributed by atoms with van der Waals surface area (Å²) in [5.41, 5.74) is 0. The smallest absolute Gasteiger partial charge is 0.172 e. The van der Waals surface area contributed by atoms with Crippen LogP contribution in [0, 0.1) is 0 Å². The molecule has 0 bridgehead atoms. The molecule has 4 heteroatoms. The van der Waals surface area contributed by atoms with Gasteiger partial charge in [-0.05, 0) is 38.5 Å². The number of rotatable bonds is 19. The van der Waals surface area contributed by atoms with Gasteiger partial charge < -0.3 is 9.47 Å². The van der Waals surface area contributed by atoms with Crippen molar-refractivity contribution in [2.75, 3.05) is 13.2 Å². The Hall–Kier alpha value is -2.10. The van der Waals surface area contributed by atoms with E-state index in [0.29, 0.717) is 0 Å². The van der Waals surface area contributed by atoms with Crippen molar-refractivity contribution in [3.63, 3.8) is 0 Å². The van der Waals surface area contributed by atoms with Crippen LogP contribution < -0.4 is 18.6 Å². The lowest BCUT2D eigenvalue weighted by Gasteiger charge is -2.07. The topological polar surface area (TPSA) is 26.2 Å². The number of nitrogens with zero attached hydrogens (tertiary/aromatic N) is 2. The number of pyridine rings is 2. The molecule has 2 aromatic rings. The second kappa shape index (κ2) is 17.5. The van der Waals surface area contributed by atoms with Gasteiger partial charge in [0, 0.05) is 37.1 Å². The van der Waals surface area contributed by atoms with Crippen molar-refractivity contribution in [2.45, 2.75) is 104 Å². The molecule has 4 nitrogen and oxygen atoms in total. The maximum Gasteiger partial charge on any atom is 0.172 e. The minimum absolute atomic E-state index is 0.790. The van der Waals surface area contributed by atoms with Crippen molar-refractivity contribution in [1.29, 1.82) is 0 Å². The molecule has 178 valence electrons. The summed E-state index contributed by atoms with van der Waals surface area (Å²) in [5, 5.41) is 0. The number of unbranched alkanes of at least 4 members (excludes halogenated alkanes) is 9. The van der Waals surface area contributed by atoms with Crippen LogP contribution in [0.4, 0.5) is 0 Å². The van der Waals surface area contributed by atoms with Crippen molar-refractivity contribution in [1.82, 2.24) is 0 Å². The van der Waals surface area contributed by atoms with E-state index in [1.54, 1.807) is 0 Å². The second-order valence-corrected chi connectivity index (χ2v) is 8.78. The lowest BCUT2D eigenvalue weighted by molar-refractivity contribution is -0.697. The molecule has 0 radical (unpaired) electrons. The van der Waals surface area contributed by atoms with Crippen LogP contribution in [0.5, 0.6) is 11.5 Å². The molecule has 2 heterocycles. The summed E-state index contributed by atoms with van der Waals surface area (Å²) in [6.07, 6.45) is 23.5. The van der Waals surface area contributed by atoms with Crippen molar-refractivity contribution < 1.29 is 18.6 Å². The van der Waals surface area contributed by atoms with E-state index in [9.17, 15) is 0 Å². The number of aryl methyl sites for hydroxylation is 2. The van der Waals surface area contributed by atoms with Gasteiger partial charge in [-0.3, -0.25) is 0 Å². The Bertz CT molecular complexity index is 624. The minimum atomic E-state index is 0.790. The van der Waals surface area contributed by atoms with Gasteiger partial charge in [0.25, 0.3) is 0 Å². The molecule has 0 saturated carbocycles. The molecule has 2 rings (SSSR count). The van der Waals surface area contributed by atoms with Crippen LogP contribution >= 0.6 is 0 Å². The maximum absolute atomic E-state index is 5.89. The fraction of sp³-hybridized carbons (Fsp3) is 0.643. The van der Waals surface area contributed by atoms with Crippen LogP contribution in [0.15, 0.2) is 49.1 Å². The van der Waals surface area contributed by atoms with E-state index in [1.165, 1.54) is 64.2 Å². The molecule has 2 aromatic heterocycles. The molecule has 0 unspecified atom stereocenters. The zero-order valence-electron chi connectivity index (χ0n) is 20.6. The molecule has 0 aromatic carbocycles. The van der Waals surface area contributed by atoms with Crippen LogP contribution in [0.2, 0.25) is 0 Å². The van der Waals surface area contributed by atoms with Gasteiger partial charge >= 0.3 is 0 Å². The summed E-state index contributed by atoms with van der Waals surface area (Å²) >= 11 is 0. The van der Waals surface area contributed by atoms with Crippen molar-refractivity contribution in [3.8, 4) is 11.5 Å². The van der Waals surface area contributed by atoms with E-state index >= 15 is 0 Å². The third-order valence-electron chi connectivity index (χ3n) is 5.84. The van der Waals surface area contributed by atoms with Gasteiger partial charge in [-0.15, -0.1) is 0 Å². The highest BCUT2D eigenvalue weighted by molar-refractivity contribution is 5.15. The van der Waals surface area contributed by atoms with Crippen LogP contribution in [0.25, 0.3) is 0 Å². The minimum Gasteiger partial charge on any atom is -0.493 e. The van der Waals surface area contributed by atoms with Crippen molar-refractivity contribution in [3.05, 3.63) is 49.1 Å². The fourth-order valence-corrected chi connectivity index (χ4v) is 3.76. The quantitative estimate of drug-likeness (QED) is 0.185. The van der Waals surface area contributed by atoms with E-state index in [-0.39, 0.29) is 0 Å². The van der Waals surface area contributed by atoms with Crippen LogP contribution in [0.3, 0.4) is 0 Å². The summed E-state index contributed by atoms with van der Waals surface area (Å²) in [4.78, 5) is 0. The fourth-order valence-electron chi connectivity index (χ4n) is 3.76. The molecule has 0 spiro atoms. The standard InChI is InChI=1S/C28H46N2O2/c1-3-5-7-11-19-29-21-15-27(16-22-29)31-25-13-9-10-14-26-32-28-17-23-30(24-18-28)20-12-8-6-4-2/h15-18,21-24H,3-14,19-20,25-26H2,1-2H3/q+2. The number of aromatic nitrogens is 2. The molecule has 0 saturated heterocycles. The van der Waals surface area contributed by atoms with Crippen LogP contribution in [-0.2, 0) is 13.1 Å². The van der Waals surface area contributed by atoms with Gasteiger partial charge in [0.1, 0.15) is 24.6 Å².